The van der Waals surface area contributed by atoms with Crippen molar-refractivity contribution in [2.75, 3.05) is 44.0 Å². The number of halogens is 4. The minimum atomic E-state index is -4.77. The molecule has 4 atom stereocenters. The van der Waals surface area contributed by atoms with E-state index in [1.54, 1.807) is 4.68 Å². The van der Waals surface area contributed by atoms with Crippen LogP contribution >= 0.6 is 0 Å². The lowest BCUT2D eigenvalue weighted by Crippen LogP contribution is -2.33. The van der Waals surface area contributed by atoms with Crippen LogP contribution in [0.4, 0.5) is 29.2 Å². The molecular weight excluding hydrogens is 502 g/mol. The van der Waals surface area contributed by atoms with Crippen molar-refractivity contribution < 1.29 is 22.3 Å². The molecular formula is C26H29F4N7O. The van der Waals surface area contributed by atoms with Crippen LogP contribution in [0.3, 0.4) is 0 Å². The lowest BCUT2D eigenvalue weighted by Gasteiger charge is -2.26. The molecule has 2 aliphatic heterocycles. The number of fused-ring (bicyclic) bond motifs is 2. The molecule has 0 radical (unpaired) electrons. The molecule has 3 aromatic rings. The standard InChI is InChI=1S/C26H29F4N7O/c1-11-20(26(28,29)30)14(7-17(31)33-11)22-21(27)24-19(25(34-22)36(2)13-5-6-38-10-13)23(35-37(24)12-3-4-12)18-15-8-32-9-16(15)18/h7,12-13,15-16,18,32H,3-6,8-10H2,1-2H3,(H2,31,33)/t13?,15-,16+,18?. The number of anilines is 2. The molecule has 2 saturated heterocycles. The molecule has 3 aromatic heterocycles. The summed E-state index contributed by atoms with van der Waals surface area (Å²) in [6.45, 7) is 4.04. The van der Waals surface area contributed by atoms with E-state index in [4.69, 9.17) is 15.6 Å². The summed E-state index contributed by atoms with van der Waals surface area (Å²) >= 11 is 0. The van der Waals surface area contributed by atoms with Crippen molar-refractivity contribution in [3.8, 4) is 11.3 Å². The van der Waals surface area contributed by atoms with Gasteiger partial charge < -0.3 is 20.7 Å². The predicted octanol–water partition coefficient (Wildman–Crippen LogP) is 4.03. The number of nitrogens with zero attached hydrogens (tertiary/aromatic N) is 5. The third-order valence-corrected chi connectivity index (χ3v) is 8.64. The zero-order chi connectivity index (χ0) is 26.5. The highest BCUT2D eigenvalue weighted by molar-refractivity contribution is 5.97. The van der Waals surface area contributed by atoms with E-state index in [0.29, 0.717) is 36.3 Å². The van der Waals surface area contributed by atoms with Crippen molar-refractivity contribution in [2.45, 2.75) is 50.4 Å². The SMILES string of the molecule is Cc1nc(N)cc(-c2nc(N(C)C3CCOC3)c3c(C4[C@H]5CNC[C@@H]45)nn(C4CC4)c3c2F)c1C(F)(F)F. The Hall–Kier alpha value is -2.99. The van der Waals surface area contributed by atoms with Gasteiger partial charge in [-0.15, -0.1) is 0 Å². The number of hydrogen-bond donors (Lipinski definition) is 2. The maximum atomic E-state index is 16.6. The summed E-state index contributed by atoms with van der Waals surface area (Å²) in [5.74, 6) is 0.549. The Bertz CT molecular complexity index is 1430. The largest absolute Gasteiger partial charge is 0.418 e. The van der Waals surface area contributed by atoms with Crippen LogP contribution in [-0.4, -0.2) is 59.1 Å². The number of rotatable bonds is 5. The van der Waals surface area contributed by atoms with Crippen LogP contribution in [-0.2, 0) is 10.9 Å². The van der Waals surface area contributed by atoms with E-state index in [0.717, 1.165) is 44.1 Å². The first-order valence-electron chi connectivity index (χ1n) is 13.1. The van der Waals surface area contributed by atoms with E-state index < -0.39 is 23.1 Å². The van der Waals surface area contributed by atoms with E-state index in [1.807, 2.05) is 11.9 Å². The molecule has 4 aliphatic rings. The summed E-state index contributed by atoms with van der Waals surface area (Å²) in [7, 11) is 1.85. The third-order valence-electron chi connectivity index (χ3n) is 8.64. The molecule has 38 heavy (non-hydrogen) atoms. The number of pyridine rings is 2. The molecule has 0 amide bonds. The van der Waals surface area contributed by atoms with E-state index in [1.165, 1.54) is 6.92 Å². The van der Waals surface area contributed by atoms with Crippen LogP contribution in [0.15, 0.2) is 6.07 Å². The molecule has 4 fully saturated rings. The molecule has 3 N–H and O–H groups in total. The van der Waals surface area contributed by atoms with Gasteiger partial charge in [-0.3, -0.25) is 4.68 Å². The van der Waals surface area contributed by atoms with Crippen molar-refractivity contribution in [2.24, 2.45) is 11.8 Å². The van der Waals surface area contributed by atoms with Crippen LogP contribution in [0.5, 0.6) is 0 Å². The number of piperidine rings is 1. The molecule has 12 heteroatoms. The number of aromatic nitrogens is 4. The van der Waals surface area contributed by atoms with Crippen LogP contribution in [0.1, 0.15) is 48.2 Å². The van der Waals surface area contributed by atoms with E-state index >= 15 is 4.39 Å². The first-order valence-corrected chi connectivity index (χ1v) is 13.1. The maximum absolute atomic E-state index is 16.6. The lowest BCUT2D eigenvalue weighted by atomic mass is 10.00. The van der Waals surface area contributed by atoms with Crippen molar-refractivity contribution in [1.29, 1.82) is 0 Å². The molecule has 202 valence electrons. The summed E-state index contributed by atoms with van der Waals surface area (Å²) in [5, 5.41) is 8.96. The minimum Gasteiger partial charge on any atom is -0.384 e. The first kappa shape index (κ1) is 24.1. The molecule has 8 nitrogen and oxygen atoms in total. The minimum absolute atomic E-state index is 0.0204. The molecule has 2 unspecified atom stereocenters. The Kier molecular flexibility index (Phi) is 5.23. The van der Waals surface area contributed by atoms with Crippen molar-refractivity contribution in [1.82, 2.24) is 25.1 Å². The highest BCUT2D eigenvalue weighted by Gasteiger charge is 2.56. The first-order chi connectivity index (χ1) is 18.1. The average Bonchev–Trinajstić information content (AvgIpc) is 3.57. The number of nitrogens with one attached hydrogen (secondary N) is 1. The van der Waals surface area contributed by atoms with Gasteiger partial charge in [-0.2, -0.15) is 18.3 Å². The number of aryl methyl sites for hydroxylation is 1. The zero-order valence-electron chi connectivity index (χ0n) is 21.1. The number of nitrogen functional groups attached to an aromatic ring is 1. The fourth-order valence-electron chi connectivity index (χ4n) is 6.52. The Balaban J connectivity index is 1.53. The fourth-order valence-corrected chi connectivity index (χ4v) is 6.52. The second kappa shape index (κ2) is 8.25. The van der Waals surface area contributed by atoms with Gasteiger partial charge in [0.05, 0.1) is 41.0 Å². The topological polar surface area (TPSA) is 94.1 Å². The number of alkyl halides is 3. The van der Waals surface area contributed by atoms with Crippen LogP contribution in [0.2, 0.25) is 0 Å². The Labute approximate surface area is 216 Å². The molecule has 2 saturated carbocycles. The summed E-state index contributed by atoms with van der Waals surface area (Å²) in [6, 6.07) is 1.06. The lowest BCUT2D eigenvalue weighted by molar-refractivity contribution is -0.137. The van der Waals surface area contributed by atoms with Crippen LogP contribution < -0.4 is 16.0 Å². The van der Waals surface area contributed by atoms with Crippen LogP contribution in [0, 0.1) is 24.6 Å². The average molecular weight is 532 g/mol. The fraction of sp³-hybridized carbons (Fsp3) is 0.577. The van der Waals surface area contributed by atoms with Crippen molar-refractivity contribution >= 4 is 22.5 Å². The van der Waals surface area contributed by atoms with Gasteiger partial charge in [0.2, 0.25) is 0 Å². The Morgan fingerprint density at radius 3 is 2.53 bits per heavy atom. The number of likely N-dealkylation sites (N-methyl/N-ethyl adjacent to an activating group) is 1. The van der Waals surface area contributed by atoms with Gasteiger partial charge in [-0.25, -0.2) is 14.4 Å². The third kappa shape index (κ3) is 3.59. The van der Waals surface area contributed by atoms with Gasteiger partial charge in [-0.05, 0) is 57.2 Å². The van der Waals surface area contributed by atoms with Gasteiger partial charge in [-0.1, -0.05) is 0 Å². The normalized spacial score (nSPS) is 26.8. The zero-order valence-corrected chi connectivity index (χ0v) is 21.1. The molecule has 0 spiro atoms. The van der Waals surface area contributed by atoms with Gasteiger partial charge in [0.25, 0.3) is 0 Å². The van der Waals surface area contributed by atoms with Gasteiger partial charge in [0.1, 0.15) is 22.8 Å². The smallest absolute Gasteiger partial charge is 0.384 e. The monoisotopic (exact) mass is 531 g/mol. The quantitative estimate of drug-likeness (QED) is 0.480. The van der Waals surface area contributed by atoms with Gasteiger partial charge in [0, 0.05) is 25.1 Å². The van der Waals surface area contributed by atoms with Crippen molar-refractivity contribution in [3.05, 3.63) is 28.8 Å². The van der Waals surface area contributed by atoms with Gasteiger partial charge in [0.15, 0.2) is 5.82 Å². The molecule has 0 aromatic carbocycles. The highest BCUT2D eigenvalue weighted by Crippen LogP contribution is 2.58. The number of ether oxygens (including phenoxy) is 1. The van der Waals surface area contributed by atoms with Crippen LogP contribution in [0.25, 0.3) is 22.2 Å². The molecule has 2 aliphatic carbocycles. The van der Waals surface area contributed by atoms with E-state index in [9.17, 15) is 13.2 Å². The highest BCUT2D eigenvalue weighted by atomic mass is 19.4. The predicted molar refractivity (Wildman–Crippen MR) is 133 cm³/mol. The van der Waals surface area contributed by atoms with Crippen molar-refractivity contribution in [3.63, 3.8) is 0 Å². The van der Waals surface area contributed by atoms with Gasteiger partial charge >= 0.3 is 6.18 Å². The number of nitrogens with two attached hydrogens (primary N) is 1. The second-order valence-corrected chi connectivity index (χ2v) is 11.1. The summed E-state index contributed by atoms with van der Waals surface area (Å²) in [5.41, 5.74) is 4.79. The second-order valence-electron chi connectivity index (χ2n) is 11.1. The Morgan fingerprint density at radius 1 is 1.16 bits per heavy atom. The van der Waals surface area contributed by atoms with E-state index in [2.05, 4.69) is 15.3 Å². The number of hydrogen-bond acceptors (Lipinski definition) is 7. The molecule has 5 heterocycles. The Morgan fingerprint density at radius 2 is 1.89 bits per heavy atom. The summed E-state index contributed by atoms with van der Waals surface area (Å²) in [6.07, 6.45) is -2.33. The summed E-state index contributed by atoms with van der Waals surface area (Å²) in [4.78, 5) is 10.4. The summed E-state index contributed by atoms with van der Waals surface area (Å²) < 4.78 is 66.7. The molecule has 7 rings (SSSR count). The molecule has 0 bridgehead atoms. The maximum Gasteiger partial charge on any atom is 0.418 e. The van der Waals surface area contributed by atoms with E-state index in [-0.39, 0.29) is 40.7 Å².